The second-order valence-electron chi connectivity index (χ2n) is 11.5. The lowest BCUT2D eigenvalue weighted by Gasteiger charge is -2.20. The molecule has 9 aromatic carbocycles. The maximum atomic E-state index is 9.42. The van der Waals surface area contributed by atoms with Crippen LogP contribution in [0.2, 0.25) is 0 Å². The van der Waals surface area contributed by atoms with Gasteiger partial charge in [-0.15, -0.1) is 0 Å². The summed E-state index contributed by atoms with van der Waals surface area (Å²) in [5, 5.41) is 5.72. The van der Waals surface area contributed by atoms with Gasteiger partial charge in [-0.3, -0.25) is 0 Å². The second-order valence-corrected chi connectivity index (χ2v) is 11.5. The fourth-order valence-corrected chi connectivity index (χ4v) is 7.05. The van der Waals surface area contributed by atoms with E-state index in [2.05, 4.69) is 0 Å². The van der Waals surface area contributed by atoms with Crippen LogP contribution in [0.5, 0.6) is 0 Å². The monoisotopic (exact) mass is 608 g/mol. The third-order valence-electron chi connectivity index (χ3n) is 9.03. The molecule has 1 aromatic heterocycles. The summed E-state index contributed by atoms with van der Waals surface area (Å²) >= 11 is 0. The van der Waals surface area contributed by atoms with Crippen molar-refractivity contribution in [1.29, 1.82) is 0 Å². The molecule has 0 saturated carbocycles. The van der Waals surface area contributed by atoms with Crippen molar-refractivity contribution < 1.29 is 20.9 Å². The van der Waals surface area contributed by atoms with Gasteiger partial charge in [0.05, 0.1) is 16.4 Å². The number of hydrogen-bond acceptors (Lipinski definition) is 1. The van der Waals surface area contributed by atoms with E-state index in [1.165, 1.54) is 0 Å². The van der Waals surface area contributed by atoms with Crippen LogP contribution >= 0.6 is 0 Å². The van der Waals surface area contributed by atoms with E-state index in [9.17, 15) is 1.37 Å². The van der Waals surface area contributed by atoms with Crippen LogP contribution in [-0.4, -0.2) is 0 Å². The molecule has 10 rings (SSSR count). The molecule has 10 aromatic rings. The Bertz CT molecular complexity index is 3500. The Morgan fingerprint density at radius 3 is 1.98 bits per heavy atom. The van der Waals surface area contributed by atoms with E-state index >= 15 is 0 Å². The number of benzene rings is 9. The Hall–Kier alpha value is -6.18. The Morgan fingerprint density at radius 1 is 0.404 bits per heavy atom. The van der Waals surface area contributed by atoms with Crippen molar-refractivity contribution in [2.75, 3.05) is 0 Å². The molecule has 1 heterocycles. The summed E-state index contributed by atoms with van der Waals surface area (Å²) < 4.78 is 112. The zero-order chi connectivity index (χ0) is 41.3. The van der Waals surface area contributed by atoms with Gasteiger partial charge in [0.2, 0.25) is 0 Å². The third-order valence-corrected chi connectivity index (χ3v) is 9.03. The zero-order valence-electron chi connectivity index (χ0n) is 36.6. The first-order valence-electron chi connectivity index (χ1n) is 21.2. The van der Waals surface area contributed by atoms with E-state index < -0.39 is 72.5 Å². The molecular formula is C46H28O. The summed E-state index contributed by atoms with van der Waals surface area (Å²) in [4.78, 5) is 0. The molecule has 0 bridgehead atoms. The van der Waals surface area contributed by atoms with Crippen LogP contribution in [-0.2, 0) is 0 Å². The topological polar surface area (TPSA) is 13.1 Å². The van der Waals surface area contributed by atoms with Crippen LogP contribution in [0.1, 0.15) is 16.4 Å². The first-order chi connectivity index (χ1) is 28.3. The van der Waals surface area contributed by atoms with Crippen LogP contribution in [0.25, 0.3) is 98.4 Å². The highest BCUT2D eigenvalue weighted by Gasteiger charge is 2.22. The number of furan rings is 1. The molecule has 0 aliphatic carbocycles. The minimum absolute atomic E-state index is 0.0115. The Labute approximate surface area is 288 Å². The first-order valence-corrected chi connectivity index (χ1v) is 15.2. The maximum Gasteiger partial charge on any atom is 0.143 e. The van der Waals surface area contributed by atoms with Crippen LogP contribution in [0, 0.1) is 0 Å². The van der Waals surface area contributed by atoms with Gasteiger partial charge < -0.3 is 4.42 Å². The molecule has 218 valence electrons. The van der Waals surface area contributed by atoms with Gasteiger partial charge in [-0.05, 0) is 89.3 Å². The van der Waals surface area contributed by atoms with E-state index in [4.69, 9.17) is 19.5 Å². The van der Waals surface area contributed by atoms with Crippen molar-refractivity contribution in [3.8, 4) is 33.4 Å². The van der Waals surface area contributed by atoms with E-state index in [1.807, 2.05) is 78.9 Å². The molecule has 1 nitrogen and oxygen atoms in total. The average molecular weight is 609 g/mol. The molecule has 0 fully saturated rings. The van der Waals surface area contributed by atoms with E-state index in [-0.39, 0.29) is 27.5 Å². The average Bonchev–Trinajstić information content (AvgIpc) is 3.65. The van der Waals surface area contributed by atoms with Crippen LogP contribution < -0.4 is 0 Å². The smallest absolute Gasteiger partial charge is 0.143 e. The first kappa shape index (κ1) is 16.9. The summed E-state index contributed by atoms with van der Waals surface area (Å²) in [6.07, 6.45) is 0. The molecule has 0 aliphatic heterocycles. The Kier molecular flexibility index (Phi) is 3.66. The minimum atomic E-state index is -0.569. The molecule has 0 aliphatic rings. The maximum absolute atomic E-state index is 9.42. The Balaban J connectivity index is 1.45. The zero-order valence-corrected chi connectivity index (χ0v) is 24.6. The summed E-state index contributed by atoms with van der Waals surface area (Å²) in [5.41, 5.74) is 3.50. The number of rotatable bonds is 3. The molecule has 0 saturated heterocycles. The standard InChI is InChI=1S/C46H28O/c1-2-12-29(13-3-1)32-25-26-38-41(28-32)44(35-21-10-16-30-14-4-6-17-33(30)35)37-20-9-8-19-36(37)43(38)39-22-11-23-42-45(39)40-27-24-31-15-5-7-18-34(31)46(40)47-42/h1-28H/i1D,2D,3D,4D,6D,10D,12D,13D,14D,16D,17D,21D. The molecule has 1 heteroatoms. The summed E-state index contributed by atoms with van der Waals surface area (Å²) in [6.45, 7) is 0. The summed E-state index contributed by atoms with van der Waals surface area (Å²) in [5.74, 6) is 0. The van der Waals surface area contributed by atoms with Crippen molar-refractivity contribution in [3.63, 3.8) is 0 Å². The molecule has 0 N–H and O–H groups in total. The van der Waals surface area contributed by atoms with Gasteiger partial charge in [-0.25, -0.2) is 0 Å². The molecule has 47 heavy (non-hydrogen) atoms. The molecule has 0 amide bonds. The lowest BCUT2D eigenvalue weighted by atomic mass is 9.83. The predicted octanol–water partition coefficient (Wildman–Crippen LogP) is 13.2. The van der Waals surface area contributed by atoms with Crippen molar-refractivity contribution in [3.05, 3.63) is 170 Å². The van der Waals surface area contributed by atoms with E-state index in [1.54, 1.807) is 18.2 Å². The van der Waals surface area contributed by atoms with Gasteiger partial charge in [-0.2, -0.15) is 0 Å². The fourth-order valence-electron chi connectivity index (χ4n) is 7.05. The minimum Gasteiger partial charge on any atom is -0.455 e. The van der Waals surface area contributed by atoms with Crippen molar-refractivity contribution in [2.45, 2.75) is 0 Å². The number of fused-ring (bicyclic) bond motifs is 8. The van der Waals surface area contributed by atoms with Crippen LogP contribution in [0.15, 0.2) is 174 Å². The van der Waals surface area contributed by atoms with Crippen molar-refractivity contribution in [1.82, 2.24) is 0 Å². The second kappa shape index (κ2) is 10.2. The van der Waals surface area contributed by atoms with Gasteiger partial charge in [0.25, 0.3) is 0 Å². The highest BCUT2D eigenvalue weighted by Crippen LogP contribution is 2.49. The summed E-state index contributed by atoms with van der Waals surface area (Å²) in [6, 6.07) is 24.6. The van der Waals surface area contributed by atoms with E-state index in [0.717, 1.165) is 38.3 Å². The van der Waals surface area contributed by atoms with Crippen LogP contribution in [0.4, 0.5) is 0 Å². The van der Waals surface area contributed by atoms with Crippen molar-refractivity contribution >= 4 is 65.0 Å². The van der Waals surface area contributed by atoms with Gasteiger partial charge in [0.1, 0.15) is 11.2 Å². The van der Waals surface area contributed by atoms with Crippen LogP contribution in [0.3, 0.4) is 0 Å². The molecule has 0 spiro atoms. The number of hydrogen-bond donors (Lipinski definition) is 0. The molecule has 0 atom stereocenters. The van der Waals surface area contributed by atoms with Gasteiger partial charge >= 0.3 is 0 Å². The third kappa shape index (κ3) is 3.90. The lowest BCUT2D eigenvalue weighted by molar-refractivity contribution is 0.673. The van der Waals surface area contributed by atoms with E-state index in [0.29, 0.717) is 32.7 Å². The largest absolute Gasteiger partial charge is 0.455 e. The van der Waals surface area contributed by atoms with Gasteiger partial charge in [0.15, 0.2) is 0 Å². The SMILES string of the molecule is [2H]c1c([2H])c([2H])c(-c2ccc3c(-c4cccc5oc6c7ccccc7ccc6c45)c4ccccc4c(-c4c([2H])c([2H])c([2H])c5c([2H])c([2H])c([2H])c([2H])c45)c3c2)c([2H])c1[2H]. The van der Waals surface area contributed by atoms with Gasteiger partial charge in [-0.1, -0.05) is 151 Å². The molecular weight excluding hydrogens is 569 g/mol. The normalized spacial score (nSPS) is 15.4. The Morgan fingerprint density at radius 2 is 1.11 bits per heavy atom. The molecule has 0 radical (unpaired) electrons. The highest BCUT2D eigenvalue weighted by molar-refractivity contribution is 6.28. The fraction of sp³-hybridized carbons (Fsp3) is 0. The van der Waals surface area contributed by atoms with Crippen molar-refractivity contribution in [2.24, 2.45) is 0 Å². The predicted molar refractivity (Wildman–Crippen MR) is 200 cm³/mol. The quantitative estimate of drug-likeness (QED) is 0.182. The molecule has 0 unspecified atom stereocenters. The highest BCUT2D eigenvalue weighted by atomic mass is 16.3. The summed E-state index contributed by atoms with van der Waals surface area (Å²) in [7, 11) is 0. The lowest BCUT2D eigenvalue weighted by Crippen LogP contribution is -1.93. The van der Waals surface area contributed by atoms with Gasteiger partial charge in [0, 0.05) is 16.2 Å².